The highest BCUT2D eigenvalue weighted by molar-refractivity contribution is 6.30. The van der Waals surface area contributed by atoms with Crippen molar-refractivity contribution in [3.05, 3.63) is 75.1 Å². The summed E-state index contributed by atoms with van der Waals surface area (Å²) in [5, 5.41) is 20.2. The Hall–Kier alpha value is -3.85. The lowest BCUT2D eigenvalue weighted by atomic mass is 10.1. The average molecular weight is 509 g/mol. The predicted molar refractivity (Wildman–Crippen MR) is 133 cm³/mol. The number of rotatable bonds is 9. The van der Waals surface area contributed by atoms with Crippen LogP contribution in [0.2, 0.25) is 5.02 Å². The summed E-state index contributed by atoms with van der Waals surface area (Å²) in [5.74, 6) is 1.69. The van der Waals surface area contributed by atoms with Gasteiger partial charge in [-0.25, -0.2) is 0 Å². The number of para-hydroxylation sites is 1. The van der Waals surface area contributed by atoms with Crippen LogP contribution in [-0.2, 0) is 12.8 Å². The first-order chi connectivity index (χ1) is 17.5. The largest absolute Gasteiger partial charge is 0.494 e. The first kappa shape index (κ1) is 23.9. The lowest BCUT2D eigenvalue weighted by Gasteiger charge is -2.20. The molecule has 186 valence electrons. The maximum absolute atomic E-state index is 13.1. The number of benzene rings is 2. The van der Waals surface area contributed by atoms with Crippen molar-refractivity contribution in [2.75, 3.05) is 14.2 Å². The van der Waals surface area contributed by atoms with Crippen molar-refractivity contribution in [3.63, 3.8) is 0 Å². The van der Waals surface area contributed by atoms with Crippen LogP contribution in [0.3, 0.4) is 0 Å². The summed E-state index contributed by atoms with van der Waals surface area (Å²) in [6, 6.07) is 12.5. The maximum Gasteiger partial charge on any atom is 0.289 e. The van der Waals surface area contributed by atoms with Crippen LogP contribution < -0.4 is 15.0 Å². The number of halogens is 1. The standard InChI is InChI=1S/C26H25ClN4O5/c1-34-18-4-3-5-19(35-2)23(18)31-20(13-10-15-6-7-15)28-24(32)22(26(31)33)25-30-29-21(36-25)14-16-8-11-17(27)12-9-16/h3-5,8-9,11-12,15,33H,6-7,10,13-14H2,1-2H3. The summed E-state index contributed by atoms with van der Waals surface area (Å²) in [7, 11) is 3.05. The molecule has 0 saturated heterocycles. The third-order valence-electron chi connectivity index (χ3n) is 6.19. The van der Waals surface area contributed by atoms with Gasteiger partial charge in [-0.2, -0.15) is 4.98 Å². The van der Waals surface area contributed by atoms with Gasteiger partial charge >= 0.3 is 0 Å². The number of aromatic hydroxyl groups is 1. The molecule has 9 nitrogen and oxygen atoms in total. The van der Waals surface area contributed by atoms with Crippen molar-refractivity contribution < 1.29 is 19.0 Å². The summed E-state index contributed by atoms with van der Waals surface area (Å²) in [6.07, 6.45) is 4.01. The van der Waals surface area contributed by atoms with E-state index >= 15 is 0 Å². The number of hydrogen-bond donors (Lipinski definition) is 1. The summed E-state index contributed by atoms with van der Waals surface area (Å²) in [5.41, 5.74) is 0.502. The van der Waals surface area contributed by atoms with Crippen molar-refractivity contribution in [2.45, 2.75) is 32.1 Å². The lowest BCUT2D eigenvalue weighted by Crippen LogP contribution is -2.20. The molecule has 2 aromatic carbocycles. The molecule has 0 unspecified atom stereocenters. The van der Waals surface area contributed by atoms with Gasteiger partial charge in [0.25, 0.3) is 11.4 Å². The number of ether oxygens (including phenoxy) is 2. The van der Waals surface area contributed by atoms with Crippen LogP contribution in [0.15, 0.2) is 51.7 Å². The third-order valence-corrected chi connectivity index (χ3v) is 6.44. The van der Waals surface area contributed by atoms with Crippen LogP contribution >= 0.6 is 11.6 Å². The van der Waals surface area contributed by atoms with E-state index in [1.807, 2.05) is 12.1 Å². The Morgan fingerprint density at radius 2 is 1.78 bits per heavy atom. The monoisotopic (exact) mass is 508 g/mol. The summed E-state index contributed by atoms with van der Waals surface area (Å²) >= 11 is 5.96. The van der Waals surface area contributed by atoms with Crippen molar-refractivity contribution in [1.82, 2.24) is 19.7 Å². The van der Waals surface area contributed by atoms with E-state index in [-0.39, 0.29) is 23.2 Å². The highest BCUT2D eigenvalue weighted by atomic mass is 35.5. The van der Waals surface area contributed by atoms with E-state index in [0.717, 1.165) is 24.8 Å². The molecular weight excluding hydrogens is 484 g/mol. The molecule has 10 heteroatoms. The van der Waals surface area contributed by atoms with Gasteiger partial charge in [0.2, 0.25) is 11.8 Å². The molecule has 1 fully saturated rings. The van der Waals surface area contributed by atoms with Crippen LogP contribution in [0, 0.1) is 5.92 Å². The van der Waals surface area contributed by atoms with Gasteiger partial charge < -0.3 is 19.0 Å². The lowest BCUT2D eigenvalue weighted by molar-refractivity contribution is 0.379. The second kappa shape index (κ2) is 10.0. The van der Waals surface area contributed by atoms with E-state index in [4.69, 9.17) is 25.5 Å². The normalized spacial score (nSPS) is 13.1. The molecule has 0 atom stereocenters. The molecular formula is C26H25ClN4O5. The van der Waals surface area contributed by atoms with Gasteiger partial charge in [-0.3, -0.25) is 9.36 Å². The van der Waals surface area contributed by atoms with E-state index in [9.17, 15) is 9.90 Å². The van der Waals surface area contributed by atoms with E-state index in [0.29, 0.717) is 46.8 Å². The molecule has 1 aliphatic rings. The van der Waals surface area contributed by atoms with Gasteiger partial charge in [0.05, 0.1) is 20.6 Å². The molecule has 0 spiro atoms. The van der Waals surface area contributed by atoms with Crippen molar-refractivity contribution in [2.24, 2.45) is 5.92 Å². The van der Waals surface area contributed by atoms with Crippen molar-refractivity contribution in [3.8, 4) is 34.5 Å². The smallest absolute Gasteiger partial charge is 0.289 e. The van der Waals surface area contributed by atoms with E-state index in [1.165, 1.54) is 18.8 Å². The van der Waals surface area contributed by atoms with Gasteiger partial charge in [-0.15, -0.1) is 10.2 Å². The Labute approximate surface area is 212 Å². The second-order valence-corrected chi connectivity index (χ2v) is 9.10. The number of aryl methyl sites for hydroxylation is 1. The molecule has 2 heterocycles. The molecule has 4 aromatic rings. The third kappa shape index (κ3) is 4.79. The molecule has 0 bridgehead atoms. The quantitative estimate of drug-likeness (QED) is 0.349. The van der Waals surface area contributed by atoms with E-state index in [1.54, 1.807) is 30.3 Å². The minimum Gasteiger partial charge on any atom is -0.494 e. The number of nitrogens with zero attached hydrogens (tertiary/aromatic N) is 4. The molecule has 36 heavy (non-hydrogen) atoms. The Morgan fingerprint density at radius 3 is 2.42 bits per heavy atom. The van der Waals surface area contributed by atoms with Crippen LogP contribution in [0.1, 0.15) is 36.5 Å². The first-order valence-corrected chi connectivity index (χ1v) is 12.0. The SMILES string of the molecule is COc1cccc(OC)c1-n1c(CCC2CC2)nc(=O)c(-c2nnc(Cc3ccc(Cl)cc3)o2)c1O. The molecule has 1 N–H and O–H groups in total. The zero-order valence-corrected chi connectivity index (χ0v) is 20.7. The molecule has 0 radical (unpaired) electrons. The Morgan fingerprint density at radius 1 is 1.08 bits per heavy atom. The summed E-state index contributed by atoms with van der Waals surface area (Å²) in [4.78, 5) is 17.5. The Balaban J connectivity index is 1.62. The van der Waals surface area contributed by atoms with Gasteiger partial charge in [0, 0.05) is 11.4 Å². The van der Waals surface area contributed by atoms with Crippen LogP contribution in [0.25, 0.3) is 17.1 Å². The van der Waals surface area contributed by atoms with Crippen molar-refractivity contribution >= 4 is 11.6 Å². The highest BCUT2D eigenvalue weighted by Gasteiger charge is 2.28. The highest BCUT2D eigenvalue weighted by Crippen LogP contribution is 2.39. The molecule has 2 aromatic heterocycles. The Kier molecular flexibility index (Phi) is 6.65. The molecule has 5 rings (SSSR count). The summed E-state index contributed by atoms with van der Waals surface area (Å²) in [6.45, 7) is 0. The minimum absolute atomic E-state index is 0.120. The van der Waals surface area contributed by atoms with Crippen molar-refractivity contribution in [1.29, 1.82) is 0 Å². The van der Waals surface area contributed by atoms with Crippen LogP contribution in [0.5, 0.6) is 17.4 Å². The average Bonchev–Trinajstić information content (AvgIpc) is 3.61. The molecule has 1 saturated carbocycles. The molecule has 0 amide bonds. The summed E-state index contributed by atoms with van der Waals surface area (Å²) < 4.78 is 18.4. The van der Waals surface area contributed by atoms with Gasteiger partial charge in [0.15, 0.2) is 5.56 Å². The minimum atomic E-state index is -0.648. The van der Waals surface area contributed by atoms with E-state index < -0.39 is 5.56 Å². The zero-order valence-electron chi connectivity index (χ0n) is 19.9. The maximum atomic E-state index is 13.1. The topological polar surface area (TPSA) is 113 Å². The Bertz CT molecular complexity index is 1420. The van der Waals surface area contributed by atoms with E-state index in [2.05, 4.69) is 15.2 Å². The first-order valence-electron chi connectivity index (χ1n) is 11.6. The van der Waals surface area contributed by atoms with Crippen LogP contribution in [-0.4, -0.2) is 39.1 Å². The fourth-order valence-corrected chi connectivity index (χ4v) is 4.26. The predicted octanol–water partition coefficient (Wildman–Crippen LogP) is 4.59. The van der Waals surface area contributed by atoms with Gasteiger partial charge in [-0.1, -0.05) is 42.6 Å². The van der Waals surface area contributed by atoms with Gasteiger partial charge in [-0.05, 0) is 42.2 Å². The second-order valence-electron chi connectivity index (χ2n) is 8.66. The number of hydrogen-bond acceptors (Lipinski definition) is 8. The molecule has 1 aliphatic carbocycles. The van der Waals surface area contributed by atoms with Crippen LogP contribution in [0.4, 0.5) is 0 Å². The molecule has 0 aliphatic heterocycles. The zero-order chi connectivity index (χ0) is 25.2. The fourth-order valence-electron chi connectivity index (χ4n) is 4.14. The number of aromatic nitrogens is 4. The fraction of sp³-hybridized carbons (Fsp3) is 0.308. The van der Waals surface area contributed by atoms with Gasteiger partial charge in [0.1, 0.15) is 23.0 Å². The number of methoxy groups -OCH3 is 2.